The first kappa shape index (κ1) is 20.7. The Kier molecular flexibility index (Phi) is 6.08. The molecule has 3 aromatic rings. The number of hydrogen-bond donors (Lipinski definition) is 1. The van der Waals surface area contributed by atoms with Crippen LogP contribution in [0.2, 0.25) is 0 Å². The number of nitrogens with zero attached hydrogens (tertiary/aromatic N) is 6. The molecule has 0 spiro atoms. The third-order valence-electron chi connectivity index (χ3n) is 5.27. The Hall–Kier alpha value is -3.53. The number of hydrogen-bond acceptors (Lipinski definition) is 7. The second-order valence-electron chi connectivity index (χ2n) is 7.36. The number of piperazine rings is 1. The molecular formula is C21H25N7O3. The van der Waals surface area contributed by atoms with Crippen LogP contribution in [0.4, 0.5) is 0 Å². The van der Waals surface area contributed by atoms with Gasteiger partial charge >= 0.3 is 0 Å². The molecule has 4 rings (SSSR count). The summed E-state index contributed by atoms with van der Waals surface area (Å²) in [6, 6.07) is 7.45. The van der Waals surface area contributed by atoms with Crippen LogP contribution in [-0.4, -0.2) is 87.7 Å². The number of benzene rings is 1. The van der Waals surface area contributed by atoms with Gasteiger partial charge in [-0.2, -0.15) is 0 Å². The van der Waals surface area contributed by atoms with Crippen LogP contribution >= 0.6 is 0 Å². The van der Waals surface area contributed by atoms with Gasteiger partial charge in [0.15, 0.2) is 0 Å². The predicted molar refractivity (Wildman–Crippen MR) is 114 cm³/mol. The third-order valence-corrected chi connectivity index (χ3v) is 5.27. The number of para-hydroxylation sites is 2. The number of methoxy groups -OCH3 is 1. The lowest BCUT2D eigenvalue weighted by molar-refractivity contribution is 0.0634. The van der Waals surface area contributed by atoms with E-state index in [2.05, 4.69) is 25.3 Å². The molecule has 1 aromatic carbocycles. The van der Waals surface area contributed by atoms with E-state index in [0.29, 0.717) is 48.8 Å². The molecule has 0 atom stereocenters. The van der Waals surface area contributed by atoms with E-state index in [1.165, 1.54) is 13.3 Å². The molecule has 2 aromatic heterocycles. The highest BCUT2D eigenvalue weighted by molar-refractivity contribution is 5.96. The van der Waals surface area contributed by atoms with Gasteiger partial charge in [0.25, 0.3) is 11.8 Å². The highest BCUT2D eigenvalue weighted by Gasteiger charge is 2.26. The highest BCUT2D eigenvalue weighted by Crippen LogP contribution is 2.18. The minimum atomic E-state index is -0.240. The summed E-state index contributed by atoms with van der Waals surface area (Å²) in [6.07, 6.45) is 3.17. The molecule has 1 aliphatic rings. The van der Waals surface area contributed by atoms with E-state index in [4.69, 9.17) is 4.74 Å². The molecular weight excluding hydrogens is 398 g/mol. The van der Waals surface area contributed by atoms with E-state index in [0.717, 1.165) is 18.6 Å². The van der Waals surface area contributed by atoms with Gasteiger partial charge in [-0.1, -0.05) is 12.1 Å². The zero-order valence-electron chi connectivity index (χ0n) is 17.6. The van der Waals surface area contributed by atoms with Gasteiger partial charge in [0, 0.05) is 52.5 Å². The number of fused-ring (bicyclic) bond motifs is 1. The number of carbonyl (C=O) groups excluding carboxylic acids is 2. The van der Waals surface area contributed by atoms with E-state index in [1.54, 1.807) is 22.8 Å². The topological polar surface area (TPSA) is 105 Å². The summed E-state index contributed by atoms with van der Waals surface area (Å²) in [5.41, 5.74) is 2.23. The summed E-state index contributed by atoms with van der Waals surface area (Å²) in [4.78, 5) is 37.8. The molecule has 0 aliphatic carbocycles. The Labute approximate surface area is 179 Å². The smallest absolute Gasteiger partial charge is 0.271 e. The van der Waals surface area contributed by atoms with E-state index >= 15 is 0 Å². The summed E-state index contributed by atoms with van der Waals surface area (Å²) < 4.78 is 6.77. The van der Waals surface area contributed by atoms with Crippen LogP contribution in [0.5, 0.6) is 5.88 Å². The van der Waals surface area contributed by atoms with E-state index in [9.17, 15) is 9.59 Å². The van der Waals surface area contributed by atoms with Crippen molar-refractivity contribution in [2.75, 3.05) is 46.4 Å². The molecule has 1 N–H and O–H groups in total. The standard InChI is InChI=1S/C21H25N7O3/c1-26-14-15(20(25-26)31-2)21(30)28-11-9-27(10-12-28)8-7-22-19(29)18-13-23-16-5-3-4-6-17(16)24-18/h3-6,13-14H,7-12H2,1-2H3,(H,22,29). The monoisotopic (exact) mass is 423 g/mol. The van der Waals surface area contributed by atoms with Gasteiger partial charge in [-0.3, -0.25) is 24.2 Å². The number of ether oxygens (including phenoxy) is 1. The fraction of sp³-hybridized carbons (Fsp3) is 0.381. The normalized spacial score (nSPS) is 14.6. The Morgan fingerprint density at radius 3 is 2.61 bits per heavy atom. The number of amides is 2. The first-order valence-corrected chi connectivity index (χ1v) is 10.1. The van der Waals surface area contributed by atoms with Gasteiger partial charge in [0.2, 0.25) is 5.88 Å². The molecule has 0 radical (unpaired) electrons. The molecule has 10 nitrogen and oxygen atoms in total. The van der Waals surface area contributed by atoms with Crippen LogP contribution < -0.4 is 10.1 Å². The molecule has 31 heavy (non-hydrogen) atoms. The molecule has 0 saturated carbocycles. The van der Waals surface area contributed by atoms with Crippen molar-refractivity contribution in [2.24, 2.45) is 7.05 Å². The van der Waals surface area contributed by atoms with Gasteiger partial charge in [-0.25, -0.2) is 4.98 Å². The van der Waals surface area contributed by atoms with Crippen molar-refractivity contribution in [3.05, 3.63) is 47.9 Å². The summed E-state index contributed by atoms with van der Waals surface area (Å²) in [5, 5.41) is 7.04. The van der Waals surface area contributed by atoms with Crippen LogP contribution in [0.15, 0.2) is 36.7 Å². The first-order chi connectivity index (χ1) is 15.0. The number of rotatable bonds is 6. The van der Waals surface area contributed by atoms with Crippen LogP contribution in [0.25, 0.3) is 11.0 Å². The van der Waals surface area contributed by atoms with Crippen LogP contribution in [-0.2, 0) is 7.05 Å². The third kappa shape index (κ3) is 4.64. The first-order valence-electron chi connectivity index (χ1n) is 10.1. The van der Waals surface area contributed by atoms with Crippen molar-refractivity contribution < 1.29 is 14.3 Å². The Morgan fingerprint density at radius 2 is 1.87 bits per heavy atom. The number of carbonyl (C=O) groups is 2. The molecule has 1 fully saturated rings. The lowest BCUT2D eigenvalue weighted by Gasteiger charge is -2.34. The van der Waals surface area contributed by atoms with Gasteiger partial charge in [-0.05, 0) is 12.1 Å². The summed E-state index contributed by atoms with van der Waals surface area (Å²) >= 11 is 0. The molecule has 1 aliphatic heterocycles. The van der Waals surface area contributed by atoms with Crippen molar-refractivity contribution in [1.82, 2.24) is 34.9 Å². The zero-order valence-corrected chi connectivity index (χ0v) is 17.6. The Bertz CT molecular complexity index is 1090. The minimum Gasteiger partial charge on any atom is -0.479 e. The maximum atomic E-state index is 12.8. The average Bonchev–Trinajstić information content (AvgIpc) is 3.19. The van der Waals surface area contributed by atoms with Crippen LogP contribution in [0.3, 0.4) is 0 Å². The van der Waals surface area contributed by atoms with Crippen molar-refractivity contribution >= 4 is 22.8 Å². The largest absolute Gasteiger partial charge is 0.479 e. The van der Waals surface area contributed by atoms with Gasteiger partial charge < -0.3 is 15.0 Å². The van der Waals surface area contributed by atoms with E-state index in [-0.39, 0.29) is 11.8 Å². The predicted octanol–water partition coefficient (Wildman–Crippen LogP) is 0.560. The molecule has 0 bridgehead atoms. The number of aromatic nitrogens is 4. The van der Waals surface area contributed by atoms with Gasteiger partial charge in [-0.15, -0.1) is 5.10 Å². The van der Waals surface area contributed by atoms with E-state index < -0.39 is 0 Å². The van der Waals surface area contributed by atoms with Crippen molar-refractivity contribution in [1.29, 1.82) is 0 Å². The molecule has 10 heteroatoms. The second kappa shape index (κ2) is 9.09. The number of nitrogens with one attached hydrogen (secondary N) is 1. The lowest BCUT2D eigenvalue weighted by atomic mass is 10.2. The Morgan fingerprint density at radius 1 is 1.13 bits per heavy atom. The SMILES string of the molecule is COc1nn(C)cc1C(=O)N1CCN(CCNC(=O)c2cnc3ccccc3n2)CC1. The second-order valence-corrected chi connectivity index (χ2v) is 7.36. The maximum Gasteiger partial charge on any atom is 0.271 e. The van der Waals surface area contributed by atoms with Crippen LogP contribution in [0, 0.1) is 0 Å². The summed E-state index contributed by atoms with van der Waals surface area (Å²) in [7, 11) is 3.27. The van der Waals surface area contributed by atoms with Gasteiger partial charge in [0.05, 0.1) is 24.3 Å². The van der Waals surface area contributed by atoms with Crippen LogP contribution in [0.1, 0.15) is 20.8 Å². The van der Waals surface area contributed by atoms with Crippen molar-refractivity contribution in [3.63, 3.8) is 0 Å². The Balaban J connectivity index is 1.24. The highest BCUT2D eigenvalue weighted by atomic mass is 16.5. The van der Waals surface area contributed by atoms with Gasteiger partial charge in [0.1, 0.15) is 11.3 Å². The fourth-order valence-corrected chi connectivity index (χ4v) is 3.60. The summed E-state index contributed by atoms with van der Waals surface area (Å²) in [6.45, 7) is 3.89. The molecule has 2 amide bonds. The summed E-state index contributed by atoms with van der Waals surface area (Å²) in [5.74, 6) is 0.0259. The average molecular weight is 423 g/mol. The zero-order chi connectivity index (χ0) is 21.8. The maximum absolute atomic E-state index is 12.8. The van der Waals surface area contributed by atoms with Crippen molar-refractivity contribution in [3.8, 4) is 5.88 Å². The molecule has 1 saturated heterocycles. The molecule has 0 unspecified atom stereocenters. The molecule has 3 heterocycles. The minimum absolute atomic E-state index is 0.0761. The lowest BCUT2D eigenvalue weighted by Crippen LogP contribution is -2.50. The fourth-order valence-electron chi connectivity index (χ4n) is 3.60. The quantitative estimate of drug-likeness (QED) is 0.618. The number of aryl methyl sites for hydroxylation is 1. The van der Waals surface area contributed by atoms with E-state index in [1.807, 2.05) is 24.3 Å². The molecule has 162 valence electrons. The van der Waals surface area contributed by atoms with Crippen molar-refractivity contribution in [2.45, 2.75) is 0 Å².